The Kier molecular flexibility index (Phi) is 4.92. The van der Waals surface area contributed by atoms with Crippen LogP contribution in [0.15, 0.2) is 40.4 Å². The monoisotopic (exact) mass is 405 g/mol. The van der Waals surface area contributed by atoms with E-state index in [2.05, 4.69) is 4.98 Å². The van der Waals surface area contributed by atoms with E-state index in [1.807, 2.05) is 22.2 Å². The fraction of sp³-hybridized carbons (Fsp3) is 0.111. The Morgan fingerprint density at radius 3 is 3.12 bits per heavy atom. The van der Waals surface area contributed by atoms with Crippen molar-refractivity contribution in [3.8, 4) is 22.1 Å². The highest BCUT2D eigenvalue weighted by molar-refractivity contribution is 7.14. The molecule has 0 bridgehead atoms. The first-order valence-corrected chi connectivity index (χ1v) is 9.80. The van der Waals surface area contributed by atoms with Crippen molar-refractivity contribution in [3.05, 3.63) is 56.7 Å². The second-order valence-corrected chi connectivity index (χ2v) is 7.38. The normalized spacial score (nSPS) is 12.7. The number of rotatable bonds is 5. The van der Waals surface area contributed by atoms with Crippen molar-refractivity contribution in [1.82, 2.24) is 4.98 Å². The number of carbonyl (C=O) groups excluding carboxylic acids is 1. The van der Waals surface area contributed by atoms with Crippen LogP contribution in [-0.4, -0.2) is 17.7 Å². The van der Waals surface area contributed by atoms with Gasteiger partial charge in [0.2, 0.25) is 6.79 Å². The van der Waals surface area contributed by atoms with Crippen LogP contribution >= 0.6 is 34.3 Å². The molecule has 0 N–H and O–H groups in total. The average molecular weight is 406 g/mol. The first kappa shape index (κ1) is 17.1. The number of hydrogen-bond donors (Lipinski definition) is 0. The van der Waals surface area contributed by atoms with Crippen LogP contribution in [0.5, 0.6) is 11.5 Å². The maximum Gasteiger partial charge on any atom is 0.331 e. The molecule has 132 valence electrons. The topological polar surface area (TPSA) is 57.7 Å². The van der Waals surface area contributed by atoms with Gasteiger partial charge in [-0.1, -0.05) is 11.6 Å². The van der Waals surface area contributed by atoms with Gasteiger partial charge in [0.05, 0.1) is 10.7 Å². The Morgan fingerprint density at radius 2 is 2.27 bits per heavy atom. The fourth-order valence-electron chi connectivity index (χ4n) is 2.33. The molecule has 1 aliphatic rings. The van der Waals surface area contributed by atoms with Gasteiger partial charge in [0, 0.05) is 22.4 Å². The molecule has 5 nitrogen and oxygen atoms in total. The van der Waals surface area contributed by atoms with Crippen LogP contribution in [0.3, 0.4) is 0 Å². The molecular weight excluding hydrogens is 394 g/mol. The molecule has 0 saturated heterocycles. The summed E-state index contributed by atoms with van der Waals surface area (Å²) in [5, 5.41) is 7.29. The Morgan fingerprint density at radius 1 is 1.35 bits per heavy atom. The summed E-state index contributed by atoms with van der Waals surface area (Å²) >= 11 is 9.26. The van der Waals surface area contributed by atoms with Crippen molar-refractivity contribution in [1.29, 1.82) is 0 Å². The highest BCUT2D eigenvalue weighted by Crippen LogP contribution is 2.40. The summed E-state index contributed by atoms with van der Waals surface area (Å²) in [6.45, 7) is 0.275. The number of halogens is 1. The van der Waals surface area contributed by atoms with Gasteiger partial charge < -0.3 is 14.2 Å². The lowest BCUT2D eigenvalue weighted by molar-refractivity contribution is -0.139. The standard InChI is InChI=1S/C18H12ClNO4S2/c19-14-5-11(6-15-17(14)24-10-23-15)1-2-16(21)22-7-13-9-26-18(20-13)12-3-4-25-8-12/h1-6,8-9H,7,10H2/b2-1+. The van der Waals surface area contributed by atoms with Gasteiger partial charge in [-0.3, -0.25) is 0 Å². The number of benzene rings is 1. The van der Waals surface area contributed by atoms with E-state index in [0.29, 0.717) is 16.5 Å². The van der Waals surface area contributed by atoms with Gasteiger partial charge >= 0.3 is 5.97 Å². The minimum Gasteiger partial charge on any atom is -0.456 e. The molecule has 26 heavy (non-hydrogen) atoms. The molecule has 0 spiro atoms. The number of fused-ring (bicyclic) bond motifs is 1. The predicted molar refractivity (Wildman–Crippen MR) is 102 cm³/mol. The SMILES string of the molecule is O=C(/C=C/c1cc(Cl)c2c(c1)OCO2)OCc1csc(-c2ccsc2)n1. The number of aromatic nitrogens is 1. The van der Waals surface area contributed by atoms with Crippen molar-refractivity contribution >= 4 is 46.3 Å². The van der Waals surface area contributed by atoms with Gasteiger partial charge in [-0.15, -0.1) is 11.3 Å². The summed E-state index contributed by atoms with van der Waals surface area (Å²) in [6, 6.07) is 5.47. The smallest absolute Gasteiger partial charge is 0.331 e. The highest BCUT2D eigenvalue weighted by atomic mass is 35.5. The largest absolute Gasteiger partial charge is 0.456 e. The van der Waals surface area contributed by atoms with Crippen LogP contribution in [0.1, 0.15) is 11.3 Å². The third kappa shape index (κ3) is 3.75. The summed E-state index contributed by atoms with van der Waals surface area (Å²) in [7, 11) is 0. The molecular formula is C18H12ClNO4S2. The number of thiophene rings is 1. The Bertz CT molecular complexity index is 966. The highest BCUT2D eigenvalue weighted by Gasteiger charge is 2.17. The molecule has 3 aromatic rings. The van der Waals surface area contributed by atoms with E-state index >= 15 is 0 Å². The number of carbonyl (C=O) groups is 1. The van der Waals surface area contributed by atoms with Crippen LogP contribution < -0.4 is 9.47 Å². The number of ether oxygens (including phenoxy) is 3. The molecule has 1 aliphatic heterocycles. The molecule has 0 saturated carbocycles. The molecule has 8 heteroatoms. The van der Waals surface area contributed by atoms with Crippen LogP contribution in [-0.2, 0) is 16.1 Å². The Labute approximate surface area is 162 Å². The fourth-order valence-corrected chi connectivity index (χ4v) is 4.12. The lowest BCUT2D eigenvalue weighted by Crippen LogP contribution is -2.00. The van der Waals surface area contributed by atoms with E-state index in [1.165, 1.54) is 17.4 Å². The summed E-state index contributed by atoms with van der Waals surface area (Å²) < 4.78 is 15.8. The summed E-state index contributed by atoms with van der Waals surface area (Å²) in [4.78, 5) is 16.4. The number of nitrogens with zero attached hydrogens (tertiary/aromatic N) is 1. The van der Waals surface area contributed by atoms with E-state index in [0.717, 1.165) is 21.8 Å². The molecule has 4 rings (SSSR count). The first-order valence-electron chi connectivity index (χ1n) is 7.60. The zero-order valence-electron chi connectivity index (χ0n) is 13.3. The molecule has 0 aliphatic carbocycles. The molecule has 0 unspecified atom stereocenters. The average Bonchev–Trinajstić information content (AvgIpc) is 3.38. The zero-order valence-corrected chi connectivity index (χ0v) is 15.7. The lowest BCUT2D eigenvalue weighted by Gasteiger charge is -2.01. The van der Waals surface area contributed by atoms with Crippen LogP contribution in [0.4, 0.5) is 0 Å². The Hall–Kier alpha value is -2.35. The maximum absolute atomic E-state index is 11.9. The minimum atomic E-state index is -0.455. The maximum atomic E-state index is 11.9. The van der Waals surface area contributed by atoms with Gasteiger partial charge in [-0.25, -0.2) is 9.78 Å². The molecule has 0 fully saturated rings. The van der Waals surface area contributed by atoms with E-state index in [1.54, 1.807) is 29.5 Å². The predicted octanol–water partition coefficient (Wildman–Crippen LogP) is 5.01. The van der Waals surface area contributed by atoms with Crippen LogP contribution in [0.2, 0.25) is 5.02 Å². The van der Waals surface area contributed by atoms with E-state index < -0.39 is 5.97 Å². The minimum absolute atomic E-state index is 0.131. The number of esters is 1. The van der Waals surface area contributed by atoms with Crippen molar-refractivity contribution < 1.29 is 19.0 Å². The second-order valence-electron chi connectivity index (χ2n) is 5.33. The molecule has 0 radical (unpaired) electrons. The molecule has 3 heterocycles. The molecule has 2 aromatic heterocycles. The lowest BCUT2D eigenvalue weighted by atomic mass is 10.2. The third-order valence-electron chi connectivity index (χ3n) is 3.54. The molecule has 0 atom stereocenters. The third-order valence-corrected chi connectivity index (χ3v) is 5.45. The van der Waals surface area contributed by atoms with E-state index in [-0.39, 0.29) is 13.4 Å². The number of hydrogen-bond acceptors (Lipinski definition) is 7. The summed E-state index contributed by atoms with van der Waals surface area (Å²) in [5.74, 6) is 0.633. The van der Waals surface area contributed by atoms with Gasteiger partial charge in [0.15, 0.2) is 11.5 Å². The molecule has 1 aromatic carbocycles. The number of thiazole rings is 1. The molecule has 0 amide bonds. The van der Waals surface area contributed by atoms with Crippen molar-refractivity contribution in [3.63, 3.8) is 0 Å². The second kappa shape index (κ2) is 7.49. The van der Waals surface area contributed by atoms with Gasteiger partial charge in [0.25, 0.3) is 0 Å². The summed E-state index contributed by atoms with van der Waals surface area (Å²) in [5.41, 5.74) is 2.53. The Balaban J connectivity index is 1.36. The van der Waals surface area contributed by atoms with Crippen molar-refractivity contribution in [2.75, 3.05) is 6.79 Å². The van der Waals surface area contributed by atoms with Crippen molar-refractivity contribution in [2.45, 2.75) is 6.61 Å². The van der Waals surface area contributed by atoms with Crippen LogP contribution in [0, 0.1) is 0 Å². The van der Waals surface area contributed by atoms with Crippen LogP contribution in [0.25, 0.3) is 16.6 Å². The zero-order chi connectivity index (χ0) is 17.9. The van der Waals surface area contributed by atoms with Gasteiger partial charge in [0.1, 0.15) is 11.6 Å². The van der Waals surface area contributed by atoms with E-state index in [9.17, 15) is 4.79 Å². The van der Waals surface area contributed by atoms with Gasteiger partial charge in [-0.2, -0.15) is 11.3 Å². The van der Waals surface area contributed by atoms with Crippen molar-refractivity contribution in [2.24, 2.45) is 0 Å². The quantitative estimate of drug-likeness (QED) is 0.441. The summed E-state index contributed by atoms with van der Waals surface area (Å²) in [6.07, 6.45) is 2.97. The van der Waals surface area contributed by atoms with Gasteiger partial charge in [-0.05, 0) is 35.2 Å². The first-order chi connectivity index (χ1) is 12.7. The van der Waals surface area contributed by atoms with E-state index in [4.69, 9.17) is 25.8 Å².